The molecule has 0 unspecified atom stereocenters. The van der Waals surface area contributed by atoms with Gasteiger partial charge in [0.05, 0.1) is 0 Å². The van der Waals surface area contributed by atoms with Crippen molar-refractivity contribution in [2.75, 3.05) is 5.32 Å². The summed E-state index contributed by atoms with van der Waals surface area (Å²) in [6.07, 6.45) is 1.78. The fourth-order valence-electron chi connectivity index (χ4n) is 2.61. The topological polar surface area (TPSA) is 76.9 Å². The van der Waals surface area contributed by atoms with Crippen LogP contribution in [0.2, 0.25) is 0 Å². The van der Waals surface area contributed by atoms with Crippen molar-refractivity contribution in [2.45, 2.75) is 13.3 Å². The summed E-state index contributed by atoms with van der Waals surface area (Å²) >= 11 is 7.04. The van der Waals surface area contributed by atoms with Crippen LogP contribution in [0.25, 0.3) is 0 Å². The summed E-state index contributed by atoms with van der Waals surface area (Å²) in [7, 11) is 0. The van der Waals surface area contributed by atoms with Crippen molar-refractivity contribution in [3.63, 3.8) is 0 Å². The van der Waals surface area contributed by atoms with Crippen molar-refractivity contribution in [3.05, 3.63) is 70.3 Å². The predicted molar refractivity (Wildman–Crippen MR) is 140 cm³/mol. The van der Waals surface area contributed by atoms with Gasteiger partial charge in [0.2, 0.25) is 0 Å². The lowest BCUT2D eigenvalue weighted by atomic mass is 10.1. The van der Waals surface area contributed by atoms with E-state index in [0.717, 1.165) is 24.5 Å². The Kier molecular flexibility index (Phi) is 8.10. The molecule has 5 nitrogen and oxygen atoms in total. The lowest BCUT2D eigenvalue weighted by Crippen LogP contribution is -1.93. The monoisotopic (exact) mass is 707 g/mol. The number of aromatic nitrogens is 2. The maximum absolute atomic E-state index is 9.61. The normalized spacial score (nSPS) is 10.9. The summed E-state index contributed by atoms with van der Waals surface area (Å²) in [5.41, 5.74) is 6.08. The highest BCUT2D eigenvalue weighted by Gasteiger charge is 2.13. The molecule has 28 heavy (non-hydrogen) atoms. The van der Waals surface area contributed by atoms with Gasteiger partial charge in [0.1, 0.15) is 17.5 Å². The van der Waals surface area contributed by atoms with Crippen LogP contribution >= 0.6 is 67.8 Å². The molecule has 0 amide bonds. The van der Waals surface area contributed by atoms with Crippen molar-refractivity contribution >= 4 is 91.3 Å². The predicted octanol–water partition coefficient (Wildman–Crippen LogP) is 6.58. The molecule has 0 radical (unpaired) electrons. The first-order valence-electron chi connectivity index (χ1n) is 8.36. The number of hydrogen-bond donors (Lipinski definition) is 2. The van der Waals surface area contributed by atoms with Gasteiger partial charge >= 0.3 is 0 Å². The molecule has 3 rings (SSSR count). The van der Waals surface area contributed by atoms with E-state index < -0.39 is 0 Å². The van der Waals surface area contributed by atoms with Crippen molar-refractivity contribution < 1.29 is 0 Å². The van der Waals surface area contributed by atoms with Crippen LogP contribution in [0.3, 0.4) is 0 Å². The third kappa shape index (κ3) is 5.24. The van der Waals surface area contributed by atoms with Gasteiger partial charge < -0.3 is 5.32 Å². The largest absolute Gasteiger partial charge is 0.339 e. The lowest BCUT2D eigenvalue weighted by molar-refractivity contribution is 1.09. The molecule has 0 saturated heterocycles. The maximum atomic E-state index is 9.61. The van der Waals surface area contributed by atoms with E-state index in [2.05, 4.69) is 125 Å². The molecule has 0 fully saturated rings. The highest BCUT2D eigenvalue weighted by Crippen LogP contribution is 2.27. The summed E-state index contributed by atoms with van der Waals surface area (Å²) in [5.74, 6) is 0.932. The fraction of sp³-hybridized carbons (Fsp3) is 0.150. The molecule has 0 aliphatic rings. The van der Waals surface area contributed by atoms with Crippen LogP contribution in [0.5, 0.6) is 0 Å². The van der Waals surface area contributed by atoms with Gasteiger partial charge in [-0.25, -0.2) is 4.99 Å². The Bertz CT molecular complexity index is 1040. The maximum Gasteiger partial charge on any atom is 0.193 e. The molecule has 2 N–H and O–H groups in total. The summed E-state index contributed by atoms with van der Waals surface area (Å²) in [6.45, 7) is 0. The summed E-state index contributed by atoms with van der Waals surface area (Å²) in [4.78, 5) is 4.47. The van der Waals surface area contributed by atoms with E-state index in [0.29, 0.717) is 17.2 Å². The van der Waals surface area contributed by atoms with Crippen LogP contribution in [0.1, 0.15) is 27.8 Å². The number of nitrogens with zero attached hydrogens (tertiary/aromatic N) is 3. The van der Waals surface area contributed by atoms with Crippen LogP contribution in [0.4, 0.5) is 17.3 Å². The van der Waals surface area contributed by atoms with Gasteiger partial charge in [0, 0.05) is 25.2 Å². The molecule has 0 aliphatic heterocycles. The molecule has 0 spiro atoms. The quantitative estimate of drug-likeness (QED) is 0.166. The van der Waals surface area contributed by atoms with Crippen molar-refractivity contribution in [3.8, 4) is 6.07 Å². The number of halogens is 3. The SMILES string of the molecule is N#Cc1c(N=Cc2ccc(CI)cc2CI)n[nH]c1Nc1cccc(CI)c1. The van der Waals surface area contributed by atoms with Gasteiger partial charge in [-0.05, 0) is 34.4 Å². The van der Waals surface area contributed by atoms with E-state index in [9.17, 15) is 5.26 Å². The van der Waals surface area contributed by atoms with E-state index in [1.165, 1.54) is 16.7 Å². The Morgan fingerprint density at radius 1 is 1.07 bits per heavy atom. The summed E-state index contributed by atoms with van der Waals surface area (Å²) in [5, 5.41) is 20.0. The second-order valence-electron chi connectivity index (χ2n) is 5.93. The van der Waals surface area contributed by atoms with Crippen LogP contribution in [0.15, 0.2) is 47.5 Å². The second kappa shape index (κ2) is 10.5. The smallest absolute Gasteiger partial charge is 0.193 e. The number of aliphatic imine (C=N–C) groups is 1. The number of aromatic amines is 1. The number of rotatable bonds is 7. The molecule has 2 aromatic carbocycles. The van der Waals surface area contributed by atoms with Crippen LogP contribution in [-0.2, 0) is 13.3 Å². The van der Waals surface area contributed by atoms with E-state index in [4.69, 9.17) is 0 Å². The van der Waals surface area contributed by atoms with Crippen molar-refractivity contribution in [2.24, 2.45) is 4.99 Å². The Morgan fingerprint density at radius 2 is 1.86 bits per heavy atom. The number of benzene rings is 2. The van der Waals surface area contributed by atoms with Gasteiger partial charge in [-0.1, -0.05) is 98.1 Å². The minimum atomic E-state index is 0.382. The average Bonchev–Trinajstić information content (AvgIpc) is 3.13. The molecule has 3 aromatic rings. The molecular formula is C20H16I3N5. The van der Waals surface area contributed by atoms with E-state index >= 15 is 0 Å². The molecule has 1 aromatic heterocycles. The highest BCUT2D eigenvalue weighted by molar-refractivity contribution is 14.1. The van der Waals surface area contributed by atoms with E-state index in [1.54, 1.807) is 6.21 Å². The molecule has 0 bridgehead atoms. The van der Waals surface area contributed by atoms with Crippen LogP contribution in [0, 0.1) is 11.3 Å². The van der Waals surface area contributed by atoms with Crippen LogP contribution < -0.4 is 5.32 Å². The zero-order valence-electron chi connectivity index (χ0n) is 14.7. The third-order valence-corrected chi connectivity index (χ3v) is 6.62. The number of anilines is 2. The van der Waals surface area contributed by atoms with Gasteiger partial charge in [0.25, 0.3) is 0 Å². The number of alkyl halides is 3. The molecule has 0 aliphatic carbocycles. The zero-order valence-corrected chi connectivity index (χ0v) is 21.2. The Hall–Kier alpha value is -1.20. The number of hydrogen-bond acceptors (Lipinski definition) is 4. The lowest BCUT2D eigenvalue weighted by Gasteiger charge is -2.05. The van der Waals surface area contributed by atoms with Crippen molar-refractivity contribution in [1.82, 2.24) is 10.2 Å². The Morgan fingerprint density at radius 3 is 2.57 bits per heavy atom. The minimum absolute atomic E-state index is 0.382. The summed E-state index contributed by atoms with van der Waals surface area (Å²) < 4.78 is 2.80. The number of H-pyrrole nitrogens is 1. The van der Waals surface area contributed by atoms with E-state index in [1.807, 2.05) is 12.1 Å². The standard InChI is InChI=1S/C20H16I3N5/c21-8-13-2-1-3-17(7-13)26-20-18(11-24)19(27-28-20)25-12-15-5-4-14(9-22)6-16(15)10-23/h1-7,12H,8-10H2,(H2,26,27,28). The van der Waals surface area contributed by atoms with Gasteiger partial charge in [-0.2, -0.15) is 10.4 Å². The number of nitriles is 1. The zero-order chi connectivity index (χ0) is 19.9. The first-order chi connectivity index (χ1) is 13.7. The van der Waals surface area contributed by atoms with Gasteiger partial charge in [-0.15, -0.1) is 0 Å². The van der Waals surface area contributed by atoms with Gasteiger partial charge in [-0.3, -0.25) is 5.10 Å². The van der Waals surface area contributed by atoms with Crippen LogP contribution in [-0.4, -0.2) is 16.4 Å². The van der Waals surface area contributed by atoms with E-state index in [-0.39, 0.29) is 0 Å². The first-order valence-corrected chi connectivity index (χ1v) is 12.9. The highest BCUT2D eigenvalue weighted by atomic mass is 127. The van der Waals surface area contributed by atoms with Gasteiger partial charge in [0.15, 0.2) is 5.82 Å². The molecular weight excluding hydrogens is 691 g/mol. The molecule has 0 atom stereocenters. The fourth-order valence-corrected chi connectivity index (χ4v) is 4.22. The molecule has 1 heterocycles. The second-order valence-corrected chi connectivity index (χ2v) is 8.22. The Labute approximate surface area is 204 Å². The number of nitrogens with one attached hydrogen (secondary N) is 2. The minimum Gasteiger partial charge on any atom is -0.339 e. The molecule has 8 heteroatoms. The summed E-state index contributed by atoms with van der Waals surface area (Å²) in [6, 6.07) is 16.6. The average molecular weight is 707 g/mol. The third-order valence-electron chi connectivity index (χ3n) is 4.04. The van der Waals surface area contributed by atoms with Crippen molar-refractivity contribution in [1.29, 1.82) is 5.26 Å². The Balaban J connectivity index is 1.86. The first kappa shape index (κ1) is 21.5. The molecule has 0 saturated carbocycles. The molecule has 142 valence electrons.